The summed E-state index contributed by atoms with van der Waals surface area (Å²) in [7, 11) is 0. The van der Waals surface area contributed by atoms with E-state index >= 15 is 0 Å². The first-order valence-corrected chi connectivity index (χ1v) is 9.65. The number of rotatable bonds is 5. The van der Waals surface area contributed by atoms with Crippen LogP contribution >= 0.6 is 0 Å². The first-order valence-electron chi connectivity index (χ1n) is 9.65. The molecule has 0 bridgehead atoms. The van der Waals surface area contributed by atoms with Crippen molar-refractivity contribution in [3.05, 3.63) is 60.2 Å². The highest BCUT2D eigenvalue weighted by Gasteiger charge is 2.46. The summed E-state index contributed by atoms with van der Waals surface area (Å²) in [6.07, 6.45) is 0.916. The quantitative estimate of drug-likeness (QED) is 0.864. The van der Waals surface area contributed by atoms with Gasteiger partial charge in [-0.3, -0.25) is 9.59 Å². The second-order valence-corrected chi connectivity index (χ2v) is 7.35. The summed E-state index contributed by atoms with van der Waals surface area (Å²) in [5, 5.41) is 9.44. The van der Waals surface area contributed by atoms with Crippen LogP contribution < -0.4 is 4.74 Å². The van der Waals surface area contributed by atoms with Crippen molar-refractivity contribution in [1.82, 2.24) is 9.80 Å². The molecule has 2 atom stereocenters. The molecule has 1 aliphatic heterocycles. The van der Waals surface area contributed by atoms with Crippen LogP contribution in [0.4, 0.5) is 0 Å². The van der Waals surface area contributed by atoms with E-state index in [1.165, 1.54) is 11.6 Å². The Morgan fingerprint density at radius 2 is 1.68 bits per heavy atom. The van der Waals surface area contributed by atoms with E-state index in [-0.39, 0.29) is 30.1 Å². The number of carbonyl (C=O) groups excluding carboxylic acids is 2. The Morgan fingerprint density at radius 1 is 0.964 bits per heavy atom. The minimum absolute atomic E-state index is 0.0733. The minimum Gasteiger partial charge on any atom is -0.508 e. The van der Waals surface area contributed by atoms with Gasteiger partial charge in [0.25, 0.3) is 5.91 Å². The van der Waals surface area contributed by atoms with E-state index in [1.807, 2.05) is 23.1 Å². The third kappa shape index (κ3) is 4.11. The summed E-state index contributed by atoms with van der Waals surface area (Å²) in [5.74, 6) is 1.08. The predicted octanol–water partition coefficient (Wildman–Crippen LogP) is 2.25. The number of aromatic hydroxyl groups is 1. The molecule has 146 valence electrons. The van der Waals surface area contributed by atoms with Gasteiger partial charge in [0.1, 0.15) is 11.5 Å². The maximum Gasteiger partial charge on any atom is 0.260 e. The van der Waals surface area contributed by atoms with Crippen LogP contribution in [0.1, 0.15) is 17.9 Å². The van der Waals surface area contributed by atoms with Crippen molar-refractivity contribution in [3.8, 4) is 11.5 Å². The minimum atomic E-state index is -0.107. The van der Waals surface area contributed by atoms with Crippen molar-refractivity contribution in [2.75, 3.05) is 32.8 Å². The number of piperazine rings is 1. The van der Waals surface area contributed by atoms with Gasteiger partial charge in [-0.25, -0.2) is 0 Å². The van der Waals surface area contributed by atoms with Crippen LogP contribution in [-0.2, 0) is 9.59 Å². The lowest BCUT2D eigenvalue weighted by Crippen LogP contribution is -2.52. The normalized spacial score (nSPS) is 21.3. The molecule has 1 saturated heterocycles. The largest absolute Gasteiger partial charge is 0.508 e. The number of hydrogen-bond donors (Lipinski definition) is 1. The lowest BCUT2D eigenvalue weighted by atomic mass is 10.1. The fourth-order valence-corrected chi connectivity index (χ4v) is 3.76. The van der Waals surface area contributed by atoms with Gasteiger partial charge in [-0.1, -0.05) is 36.4 Å². The zero-order valence-corrected chi connectivity index (χ0v) is 15.7. The molecule has 1 saturated carbocycles. The molecule has 1 N–H and O–H groups in total. The highest BCUT2D eigenvalue weighted by atomic mass is 16.5. The monoisotopic (exact) mass is 380 g/mol. The average Bonchev–Trinajstić information content (AvgIpc) is 3.53. The number of phenols is 1. The maximum absolute atomic E-state index is 12.7. The number of hydrogen-bond acceptors (Lipinski definition) is 4. The van der Waals surface area contributed by atoms with Gasteiger partial charge in [-0.15, -0.1) is 0 Å². The molecule has 2 aromatic rings. The topological polar surface area (TPSA) is 70.1 Å². The smallest absolute Gasteiger partial charge is 0.260 e. The molecule has 1 aliphatic carbocycles. The zero-order valence-electron chi connectivity index (χ0n) is 15.7. The lowest BCUT2D eigenvalue weighted by Gasteiger charge is -2.35. The molecular formula is C22H24N2O4. The third-order valence-corrected chi connectivity index (χ3v) is 5.46. The summed E-state index contributed by atoms with van der Waals surface area (Å²) < 4.78 is 5.46. The van der Waals surface area contributed by atoms with Gasteiger partial charge in [0, 0.05) is 38.2 Å². The Bertz CT molecular complexity index is 847. The van der Waals surface area contributed by atoms with Gasteiger partial charge in [-0.05, 0) is 30.0 Å². The Labute approximate surface area is 164 Å². The fraction of sp³-hybridized carbons (Fsp3) is 0.364. The molecule has 1 heterocycles. The molecule has 0 spiro atoms. The molecule has 0 unspecified atom stereocenters. The first kappa shape index (κ1) is 18.3. The van der Waals surface area contributed by atoms with Crippen LogP contribution in [0.3, 0.4) is 0 Å². The number of amides is 2. The van der Waals surface area contributed by atoms with Crippen molar-refractivity contribution < 1.29 is 19.4 Å². The predicted molar refractivity (Wildman–Crippen MR) is 104 cm³/mol. The van der Waals surface area contributed by atoms with E-state index in [0.717, 1.165) is 6.42 Å². The van der Waals surface area contributed by atoms with Gasteiger partial charge in [-0.2, -0.15) is 0 Å². The van der Waals surface area contributed by atoms with Gasteiger partial charge in [0.15, 0.2) is 6.61 Å². The molecule has 0 aromatic heterocycles. The van der Waals surface area contributed by atoms with Gasteiger partial charge in [0.05, 0.1) is 0 Å². The third-order valence-electron chi connectivity index (χ3n) is 5.46. The number of ether oxygens (including phenoxy) is 1. The molecule has 2 amide bonds. The maximum atomic E-state index is 12.7. The van der Waals surface area contributed by atoms with Crippen molar-refractivity contribution in [3.63, 3.8) is 0 Å². The second-order valence-electron chi connectivity index (χ2n) is 7.35. The van der Waals surface area contributed by atoms with E-state index in [2.05, 4.69) is 12.1 Å². The summed E-state index contributed by atoms with van der Waals surface area (Å²) in [5.41, 5.74) is 1.23. The molecule has 0 radical (unpaired) electrons. The number of nitrogens with zero attached hydrogens (tertiary/aromatic N) is 2. The molecule has 28 heavy (non-hydrogen) atoms. The lowest BCUT2D eigenvalue weighted by molar-refractivity contribution is -0.141. The van der Waals surface area contributed by atoms with Crippen molar-refractivity contribution >= 4 is 11.8 Å². The fourth-order valence-electron chi connectivity index (χ4n) is 3.76. The van der Waals surface area contributed by atoms with Gasteiger partial charge < -0.3 is 19.6 Å². The molecule has 4 rings (SSSR count). The van der Waals surface area contributed by atoms with E-state index in [0.29, 0.717) is 37.8 Å². The van der Waals surface area contributed by atoms with Crippen molar-refractivity contribution in [1.29, 1.82) is 0 Å². The number of benzene rings is 2. The molecule has 2 fully saturated rings. The summed E-state index contributed by atoms with van der Waals surface area (Å²) in [6.45, 7) is 2.10. The van der Waals surface area contributed by atoms with Crippen LogP contribution in [0.15, 0.2) is 54.6 Å². The highest BCUT2D eigenvalue weighted by Crippen LogP contribution is 2.48. The van der Waals surface area contributed by atoms with E-state index in [9.17, 15) is 14.7 Å². The summed E-state index contributed by atoms with van der Waals surface area (Å²) in [4.78, 5) is 28.7. The van der Waals surface area contributed by atoms with E-state index < -0.39 is 0 Å². The second kappa shape index (κ2) is 7.92. The molecular weight excluding hydrogens is 356 g/mol. The zero-order chi connectivity index (χ0) is 19.5. The Balaban J connectivity index is 1.23. The molecule has 2 aromatic carbocycles. The average molecular weight is 380 g/mol. The van der Waals surface area contributed by atoms with E-state index in [1.54, 1.807) is 23.1 Å². The molecule has 2 aliphatic rings. The molecule has 6 nitrogen and oxygen atoms in total. The summed E-state index contributed by atoms with van der Waals surface area (Å²) >= 11 is 0. The number of carbonyl (C=O) groups is 2. The highest BCUT2D eigenvalue weighted by molar-refractivity contribution is 5.83. The van der Waals surface area contributed by atoms with E-state index in [4.69, 9.17) is 4.74 Å². The number of phenolic OH excluding ortho intramolecular Hbond substituents is 1. The standard InChI is InChI=1S/C22H24N2O4/c25-17-7-4-8-18(13-17)28-15-21(26)23-9-11-24(12-10-23)22(27)20-14-19(20)16-5-2-1-3-6-16/h1-8,13,19-20,25H,9-12,14-15H2/t19-,20+/m0/s1. The summed E-state index contributed by atoms with van der Waals surface area (Å²) in [6, 6.07) is 16.6. The van der Waals surface area contributed by atoms with Gasteiger partial charge in [0.2, 0.25) is 5.91 Å². The van der Waals surface area contributed by atoms with Crippen LogP contribution in [0.5, 0.6) is 11.5 Å². The Kier molecular flexibility index (Phi) is 5.19. The van der Waals surface area contributed by atoms with Crippen LogP contribution in [0, 0.1) is 5.92 Å². The van der Waals surface area contributed by atoms with Gasteiger partial charge >= 0.3 is 0 Å². The Morgan fingerprint density at radius 3 is 2.39 bits per heavy atom. The van der Waals surface area contributed by atoms with Crippen molar-refractivity contribution in [2.45, 2.75) is 12.3 Å². The SMILES string of the molecule is O=C(COc1cccc(O)c1)N1CCN(C(=O)[C@@H]2C[C@H]2c2ccccc2)CC1. The first-order chi connectivity index (χ1) is 13.6. The Hall–Kier alpha value is -3.02. The van der Waals surface area contributed by atoms with Crippen LogP contribution in [-0.4, -0.2) is 59.5 Å². The van der Waals surface area contributed by atoms with Crippen LogP contribution in [0.2, 0.25) is 0 Å². The van der Waals surface area contributed by atoms with Crippen molar-refractivity contribution in [2.24, 2.45) is 5.92 Å². The molecule has 6 heteroatoms. The van der Waals surface area contributed by atoms with Crippen LogP contribution in [0.25, 0.3) is 0 Å².